The van der Waals surface area contributed by atoms with Crippen LogP contribution in [0.4, 0.5) is 18.9 Å². The van der Waals surface area contributed by atoms with Crippen molar-refractivity contribution in [3.8, 4) is 16.9 Å². The lowest BCUT2D eigenvalue weighted by atomic mass is 10.00. The number of hydrogen-bond acceptors (Lipinski definition) is 5. The Labute approximate surface area is 213 Å². The van der Waals surface area contributed by atoms with Gasteiger partial charge in [0.05, 0.1) is 16.5 Å². The number of fused-ring (bicyclic) bond motifs is 1. The topological polar surface area (TPSA) is 56.9 Å². The fraction of sp³-hybridized carbons (Fsp3) is 0.222. The van der Waals surface area contributed by atoms with Crippen LogP contribution in [-0.4, -0.2) is 36.2 Å². The van der Waals surface area contributed by atoms with E-state index in [9.17, 15) is 23.1 Å². The van der Waals surface area contributed by atoms with E-state index in [4.69, 9.17) is 4.42 Å². The van der Waals surface area contributed by atoms with Gasteiger partial charge in [-0.05, 0) is 42.0 Å². The predicted molar refractivity (Wildman–Crippen MR) is 136 cm³/mol. The first kappa shape index (κ1) is 24.4. The third-order valence-corrected chi connectivity index (χ3v) is 6.93. The highest BCUT2D eigenvalue weighted by atomic mass is 79.9. The van der Waals surface area contributed by atoms with Crippen molar-refractivity contribution in [3.05, 3.63) is 92.7 Å². The Morgan fingerprint density at radius 1 is 0.917 bits per heavy atom. The molecule has 5 rings (SSSR count). The lowest BCUT2D eigenvalue weighted by molar-refractivity contribution is -0.152. The van der Waals surface area contributed by atoms with E-state index in [0.29, 0.717) is 17.6 Å². The van der Waals surface area contributed by atoms with Crippen LogP contribution in [0.5, 0.6) is 5.75 Å². The molecule has 0 aliphatic carbocycles. The first-order chi connectivity index (χ1) is 17.2. The van der Waals surface area contributed by atoms with E-state index in [2.05, 4.69) is 20.8 Å². The number of piperazine rings is 1. The summed E-state index contributed by atoms with van der Waals surface area (Å²) in [4.78, 5) is 17.6. The summed E-state index contributed by atoms with van der Waals surface area (Å²) >= 11 is 3.26. The summed E-state index contributed by atoms with van der Waals surface area (Å²) < 4.78 is 48.4. The van der Waals surface area contributed by atoms with Crippen LogP contribution in [0.3, 0.4) is 0 Å². The van der Waals surface area contributed by atoms with E-state index < -0.39 is 22.9 Å². The Morgan fingerprint density at radius 3 is 2.22 bits per heavy atom. The van der Waals surface area contributed by atoms with Gasteiger partial charge in [0.1, 0.15) is 11.3 Å². The smallest absolute Gasteiger partial charge is 0.450 e. The van der Waals surface area contributed by atoms with Gasteiger partial charge in [-0.2, -0.15) is 13.2 Å². The highest BCUT2D eigenvalue weighted by molar-refractivity contribution is 9.10. The predicted octanol–water partition coefficient (Wildman–Crippen LogP) is 6.27. The molecule has 0 amide bonds. The average molecular weight is 559 g/mol. The molecule has 1 aromatic heterocycles. The van der Waals surface area contributed by atoms with Gasteiger partial charge >= 0.3 is 6.18 Å². The molecule has 1 fully saturated rings. The Balaban J connectivity index is 1.53. The molecule has 1 aliphatic rings. The van der Waals surface area contributed by atoms with Crippen LogP contribution in [0.25, 0.3) is 22.1 Å². The molecular formula is C27H22BrF3N2O3. The van der Waals surface area contributed by atoms with Crippen LogP contribution in [0.2, 0.25) is 0 Å². The monoisotopic (exact) mass is 558 g/mol. The summed E-state index contributed by atoms with van der Waals surface area (Å²) in [7, 11) is 0. The molecule has 2 heterocycles. The molecule has 9 heteroatoms. The quantitative estimate of drug-likeness (QED) is 0.320. The van der Waals surface area contributed by atoms with Crippen molar-refractivity contribution in [3.63, 3.8) is 0 Å². The fourth-order valence-electron chi connectivity index (χ4n) is 4.56. The molecule has 0 spiro atoms. The maximum absolute atomic E-state index is 14.1. The third kappa shape index (κ3) is 4.73. The normalized spacial score (nSPS) is 14.9. The second-order valence-electron chi connectivity index (χ2n) is 8.68. The zero-order valence-electron chi connectivity index (χ0n) is 19.1. The number of nitrogens with zero attached hydrogens (tertiary/aromatic N) is 2. The number of hydrogen-bond donors (Lipinski definition) is 1. The highest BCUT2D eigenvalue weighted by Crippen LogP contribution is 2.39. The van der Waals surface area contributed by atoms with Crippen molar-refractivity contribution in [2.24, 2.45) is 0 Å². The number of anilines is 1. The van der Waals surface area contributed by atoms with Crippen LogP contribution in [-0.2, 0) is 12.7 Å². The van der Waals surface area contributed by atoms with Crippen LogP contribution >= 0.6 is 15.9 Å². The number of para-hydroxylation sites is 1. The number of halogens is 4. The van der Waals surface area contributed by atoms with Gasteiger partial charge in [-0.15, -0.1) is 0 Å². The van der Waals surface area contributed by atoms with E-state index >= 15 is 0 Å². The number of aromatic hydroxyl groups is 1. The van der Waals surface area contributed by atoms with Crippen molar-refractivity contribution < 1.29 is 22.7 Å². The van der Waals surface area contributed by atoms with Gasteiger partial charge < -0.3 is 14.4 Å². The summed E-state index contributed by atoms with van der Waals surface area (Å²) in [6.07, 6.45) is -4.90. The lowest BCUT2D eigenvalue weighted by Gasteiger charge is -2.36. The minimum Gasteiger partial charge on any atom is -0.507 e. The van der Waals surface area contributed by atoms with Gasteiger partial charge in [0.15, 0.2) is 0 Å². The average Bonchev–Trinajstić information content (AvgIpc) is 2.87. The number of rotatable bonds is 4. The number of phenols is 1. The highest BCUT2D eigenvalue weighted by Gasteiger charge is 2.40. The molecule has 0 radical (unpaired) electrons. The zero-order chi connectivity index (χ0) is 25.4. The standard InChI is InChI=1S/C27H22BrF3N2O3/c28-18-8-6-17(7-9-18)23-24(35)20-10-11-22(34)21(25(20)36-26(23)27(29,30)31)16-32-12-14-33(15-13-32)19-4-2-1-3-5-19/h1-11,34H,12-16H2. The summed E-state index contributed by atoms with van der Waals surface area (Å²) in [5, 5.41) is 10.6. The van der Waals surface area contributed by atoms with E-state index in [1.807, 2.05) is 35.2 Å². The number of alkyl halides is 3. The van der Waals surface area contributed by atoms with Crippen molar-refractivity contribution in [1.82, 2.24) is 4.90 Å². The number of benzene rings is 3. The molecule has 0 atom stereocenters. The first-order valence-electron chi connectivity index (χ1n) is 11.4. The van der Waals surface area contributed by atoms with E-state index in [1.165, 1.54) is 24.3 Å². The van der Waals surface area contributed by atoms with Crippen LogP contribution in [0.1, 0.15) is 11.3 Å². The van der Waals surface area contributed by atoms with Crippen molar-refractivity contribution in [2.75, 3.05) is 31.1 Å². The van der Waals surface area contributed by atoms with Crippen LogP contribution < -0.4 is 10.3 Å². The van der Waals surface area contributed by atoms with Gasteiger partial charge in [-0.25, -0.2) is 0 Å². The molecule has 0 unspecified atom stereocenters. The summed E-state index contributed by atoms with van der Waals surface area (Å²) in [5.74, 6) is -1.58. The van der Waals surface area contributed by atoms with E-state index in [-0.39, 0.29) is 34.4 Å². The molecular weight excluding hydrogens is 537 g/mol. The molecule has 3 aromatic carbocycles. The third-order valence-electron chi connectivity index (χ3n) is 6.40. The van der Waals surface area contributed by atoms with Crippen LogP contribution in [0.15, 0.2) is 80.4 Å². The number of phenolic OH excluding ortho intramolecular Hbond substituents is 1. The van der Waals surface area contributed by atoms with Crippen LogP contribution in [0, 0.1) is 0 Å². The van der Waals surface area contributed by atoms with E-state index in [0.717, 1.165) is 18.8 Å². The van der Waals surface area contributed by atoms with Gasteiger partial charge in [0, 0.05) is 42.9 Å². The SMILES string of the molecule is O=c1c(-c2ccc(Br)cc2)c(C(F)(F)F)oc2c(CN3CCN(c4ccccc4)CC3)c(O)ccc12. The maximum Gasteiger partial charge on any atom is 0.450 e. The molecule has 1 saturated heterocycles. The zero-order valence-corrected chi connectivity index (χ0v) is 20.6. The molecule has 4 aromatic rings. The molecule has 36 heavy (non-hydrogen) atoms. The molecule has 1 N–H and O–H groups in total. The Bertz CT molecular complexity index is 1450. The Hall–Kier alpha value is -3.30. The molecule has 5 nitrogen and oxygen atoms in total. The van der Waals surface area contributed by atoms with Gasteiger partial charge in [-0.3, -0.25) is 9.69 Å². The fourth-order valence-corrected chi connectivity index (χ4v) is 4.83. The first-order valence-corrected chi connectivity index (χ1v) is 12.2. The lowest BCUT2D eigenvalue weighted by Crippen LogP contribution is -2.46. The molecule has 186 valence electrons. The minimum absolute atomic E-state index is 0.00311. The van der Waals surface area contributed by atoms with Gasteiger partial charge in [0.25, 0.3) is 0 Å². The van der Waals surface area contributed by atoms with Crippen molar-refractivity contribution >= 4 is 32.6 Å². The molecule has 1 aliphatic heterocycles. The second kappa shape index (κ2) is 9.63. The second-order valence-corrected chi connectivity index (χ2v) is 9.59. The molecule has 0 saturated carbocycles. The summed E-state index contributed by atoms with van der Waals surface area (Å²) in [6, 6.07) is 18.6. The summed E-state index contributed by atoms with van der Waals surface area (Å²) in [5.41, 5.74) is -0.194. The largest absolute Gasteiger partial charge is 0.507 e. The van der Waals surface area contributed by atoms with Gasteiger partial charge in [0.2, 0.25) is 11.2 Å². The Morgan fingerprint density at radius 2 is 1.58 bits per heavy atom. The minimum atomic E-state index is -4.90. The summed E-state index contributed by atoms with van der Waals surface area (Å²) in [6.45, 7) is 2.88. The molecule has 0 bridgehead atoms. The van der Waals surface area contributed by atoms with Crippen molar-refractivity contribution in [1.29, 1.82) is 0 Å². The Kier molecular flexibility index (Phi) is 6.53. The van der Waals surface area contributed by atoms with E-state index in [1.54, 1.807) is 12.1 Å². The van der Waals surface area contributed by atoms with Gasteiger partial charge in [-0.1, -0.05) is 46.3 Å². The maximum atomic E-state index is 14.1. The van der Waals surface area contributed by atoms with Crippen molar-refractivity contribution in [2.45, 2.75) is 12.7 Å².